The van der Waals surface area contributed by atoms with Gasteiger partial charge in [0.25, 0.3) is 0 Å². The van der Waals surface area contributed by atoms with Crippen LogP contribution >= 0.6 is 0 Å². The Hall–Kier alpha value is -1.06. The minimum absolute atomic E-state index is 0.103. The summed E-state index contributed by atoms with van der Waals surface area (Å²) in [5.41, 5.74) is 6.62. The van der Waals surface area contributed by atoms with Gasteiger partial charge in [-0.15, -0.1) is 0 Å². The maximum absolute atomic E-state index is 5.52. The summed E-state index contributed by atoms with van der Waals surface area (Å²) in [7, 11) is 0. The van der Waals surface area contributed by atoms with Crippen LogP contribution in [0.25, 0.3) is 0 Å². The third kappa shape index (κ3) is 4.81. The fourth-order valence-corrected chi connectivity index (χ4v) is 1.18. The molecule has 0 saturated carbocycles. The van der Waals surface area contributed by atoms with Crippen LogP contribution in [-0.2, 0) is 4.74 Å². The van der Waals surface area contributed by atoms with Crippen LogP contribution in [0.3, 0.4) is 0 Å². The Labute approximate surface area is 91.2 Å². The topological polar surface area (TPSA) is 44.5 Å². The molecule has 0 fully saturated rings. The van der Waals surface area contributed by atoms with Crippen LogP contribution in [-0.4, -0.2) is 25.9 Å². The molecule has 1 rings (SSSR count). The molecule has 0 aliphatic heterocycles. The summed E-state index contributed by atoms with van der Waals surface area (Å²) in [5, 5.41) is 0. The molecule has 1 aromatic rings. The van der Waals surface area contributed by atoms with Crippen LogP contribution in [0.4, 0.5) is 0 Å². The van der Waals surface area contributed by atoms with E-state index >= 15 is 0 Å². The van der Waals surface area contributed by atoms with E-state index in [0.29, 0.717) is 19.8 Å². The monoisotopic (exact) mass is 209 g/mol. The summed E-state index contributed by atoms with van der Waals surface area (Å²) in [6.45, 7) is 5.68. The summed E-state index contributed by atoms with van der Waals surface area (Å²) < 4.78 is 10.9. The van der Waals surface area contributed by atoms with Gasteiger partial charge < -0.3 is 15.2 Å². The highest BCUT2D eigenvalue weighted by Gasteiger charge is 1.98. The van der Waals surface area contributed by atoms with E-state index in [1.807, 2.05) is 38.1 Å². The Bertz CT molecular complexity index is 289. The molecule has 84 valence electrons. The standard InChI is InChI=1S/C12H19NO2/c1-10-4-3-5-12(8-10)15-7-6-14-11(2)9-13/h3-5,8,11H,6-7,9,13H2,1-2H3. The summed E-state index contributed by atoms with van der Waals surface area (Å²) in [4.78, 5) is 0. The lowest BCUT2D eigenvalue weighted by atomic mass is 10.2. The van der Waals surface area contributed by atoms with E-state index in [9.17, 15) is 0 Å². The Morgan fingerprint density at radius 3 is 2.80 bits per heavy atom. The van der Waals surface area contributed by atoms with E-state index in [1.54, 1.807) is 0 Å². The molecule has 0 aliphatic carbocycles. The van der Waals surface area contributed by atoms with Crippen molar-refractivity contribution in [1.29, 1.82) is 0 Å². The Morgan fingerprint density at radius 2 is 2.13 bits per heavy atom. The molecule has 1 unspecified atom stereocenters. The van der Waals surface area contributed by atoms with Crippen LogP contribution in [0.5, 0.6) is 5.75 Å². The van der Waals surface area contributed by atoms with Crippen LogP contribution in [0, 0.1) is 6.92 Å². The highest BCUT2D eigenvalue weighted by molar-refractivity contribution is 5.27. The van der Waals surface area contributed by atoms with Crippen molar-refractivity contribution in [2.75, 3.05) is 19.8 Å². The summed E-state index contributed by atoms with van der Waals surface area (Å²) in [6, 6.07) is 7.97. The van der Waals surface area contributed by atoms with Crippen LogP contribution in [0.15, 0.2) is 24.3 Å². The van der Waals surface area contributed by atoms with E-state index in [0.717, 1.165) is 5.75 Å². The summed E-state index contributed by atoms with van der Waals surface area (Å²) in [6.07, 6.45) is 0.103. The molecule has 0 amide bonds. The molecule has 0 saturated heterocycles. The summed E-state index contributed by atoms with van der Waals surface area (Å²) in [5.74, 6) is 0.888. The molecule has 0 aliphatic rings. The number of nitrogens with two attached hydrogens (primary N) is 1. The molecular formula is C12H19NO2. The number of rotatable bonds is 6. The van der Waals surface area contributed by atoms with Crippen LogP contribution in [0.1, 0.15) is 12.5 Å². The zero-order chi connectivity index (χ0) is 11.1. The van der Waals surface area contributed by atoms with E-state index in [4.69, 9.17) is 15.2 Å². The average molecular weight is 209 g/mol. The molecule has 15 heavy (non-hydrogen) atoms. The van der Waals surface area contributed by atoms with E-state index in [1.165, 1.54) is 5.56 Å². The van der Waals surface area contributed by atoms with Crippen molar-refractivity contribution in [2.24, 2.45) is 5.73 Å². The van der Waals surface area contributed by atoms with Gasteiger partial charge in [-0.05, 0) is 31.5 Å². The molecule has 0 spiro atoms. The maximum Gasteiger partial charge on any atom is 0.119 e. The average Bonchev–Trinajstić information content (AvgIpc) is 2.24. The fraction of sp³-hybridized carbons (Fsp3) is 0.500. The van der Waals surface area contributed by atoms with Gasteiger partial charge in [0.1, 0.15) is 12.4 Å². The van der Waals surface area contributed by atoms with Gasteiger partial charge in [-0.1, -0.05) is 12.1 Å². The number of ether oxygens (including phenoxy) is 2. The first-order valence-corrected chi connectivity index (χ1v) is 5.23. The molecule has 1 aromatic carbocycles. The van der Waals surface area contributed by atoms with Crippen molar-refractivity contribution >= 4 is 0 Å². The minimum atomic E-state index is 0.103. The van der Waals surface area contributed by atoms with Crippen molar-refractivity contribution in [3.63, 3.8) is 0 Å². The van der Waals surface area contributed by atoms with Gasteiger partial charge >= 0.3 is 0 Å². The SMILES string of the molecule is Cc1cccc(OCCOC(C)CN)c1. The van der Waals surface area contributed by atoms with Gasteiger partial charge in [-0.3, -0.25) is 0 Å². The normalized spacial score (nSPS) is 12.5. The lowest BCUT2D eigenvalue weighted by Gasteiger charge is -2.11. The highest BCUT2D eigenvalue weighted by atomic mass is 16.5. The van der Waals surface area contributed by atoms with Crippen molar-refractivity contribution in [3.8, 4) is 5.75 Å². The predicted molar refractivity (Wildman–Crippen MR) is 61.1 cm³/mol. The highest BCUT2D eigenvalue weighted by Crippen LogP contribution is 2.11. The first-order chi connectivity index (χ1) is 7.22. The first kappa shape index (κ1) is 12.0. The predicted octanol–water partition coefficient (Wildman–Crippen LogP) is 1.74. The van der Waals surface area contributed by atoms with Crippen molar-refractivity contribution in [2.45, 2.75) is 20.0 Å². The van der Waals surface area contributed by atoms with Gasteiger partial charge in [-0.2, -0.15) is 0 Å². The first-order valence-electron chi connectivity index (χ1n) is 5.23. The van der Waals surface area contributed by atoms with E-state index in [2.05, 4.69) is 0 Å². The molecule has 2 N–H and O–H groups in total. The molecule has 0 aromatic heterocycles. The zero-order valence-corrected chi connectivity index (χ0v) is 9.40. The molecule has 3 heteroatoms. The van der Waals surface area contributed by atoms with Crippen molar-refractivity contribution in [1.82, 2.24) is 0 Å². The summed E-state index contributed by atoms with van der Waals surface area (Å²) >= 11 is 0. The van der Waals surface area contributed by atoms with Crippen LogP contribution in [0.2, 0.25) is 0 Å². The molecule has 0 heterocycles. The minimum Gasteiger partial charge on any atom is -0.491 e. The van der Waals surface area contributed by atoms with E-state index in [-0.39, 0.29) is 6.10 Å². The van der Waals surface area contributed by atoms with E-state index < -0.39 is 0 Å². The number of aryl methyl sites for hydroxylation is 1. The third-order valence-electron chi connectivity index (χ3n) is 2.08. The molecule has 1 atom stereocenters. The maximum atomic E-state index is 5.52. The quantitative estimate of drug-likeness (QED) is 0.726. The number of benzene rings is 1. The van der Waals surface area contributed by atoms with Gasteiger partial charge in [0, 0.05) is 6.54 Å². The molecule has 0 bridgehead atoms. The van der Waals surface area contributed by atoms with Gasteiger partial charge in [-0.25, -0.2) is 0 Å². The number of hydrogen-bond acceptors (Lipinski definition) is 3. The fourth-order valence-electron chi connectivity index (χ4n) is 1.18. The van der Waals surface area contributed by atoms with Crippen LogP contribution < -0.4 is 10.5 Å². The largest absolute Gasteiger partial charge is 0.491 e. The third-order valence-corrected chi connectivity index (χ3v) is 2.08. The Balaban J connectivity index is 2.20. The second-order valence-electron chi connectivity index (χ2n) is 3.58. The lowest BCUT2D eigenvalue weighted by molar-refractivity contribution is 0.0496. The smallest absolute Gasteiger partial charge is 0.119 e. The van der Waals surface area contributed by atoms with Crippen molar-refractivity contribution in [3.05, 3.63) is 29.8 Å². The number of hydrogen-bond donors (Lipinski definition) is 1. The zero-order valence-electron chi connectivity index (χ0n) is 9.40. The second kappa shape index (κ2) is 6.43. The van der Waals surface area contributed by atoms with Gasteiger partial charge in [0.15, 0.2) is 0 Å². The van der Waals surface area contributed by atoms with Crippen molar-refractivity contribution < 1.29 is 9.47 Å². The molecule has 3 nitrogen and oxygen atoms in total. The second-order valence-corrected chi connectivity index (χ2v) is 3.58. The van der Waals surface area contributed by atoms with Gasteiger partial charge in [0.2, 0.25) is 0 Å². The Kier molecular flexibility index (Phi) is 5.15. The molecular weight excluding hydrogens is 190 g/mol. The lowest BCUT2D eigenvalue weighted by Crippen LogP contribution is -2.22. The van der Waals surface area contributed by atoms with Gasteiger partial charge in [0.05, 0.1) is 12.7 Å². The molecule has 0 radical (unpaired) electrons. The Morgan fingerprint density at radius 1 is 1.33 bits per heavy atom.